The van der Waals surface area contributed by atoms with E-state index in [1.165, 1.54) is 0 Å². The van der Waals surface area contributed by atoms with Crippen molar-refractivity contribution in [2.24, 2.45) is 0 Å². The Balaban J connectivity index is 2.48. The Kier molecular flexibility index (Phi) is 5.73. The number of likely N-dealkylation sites (N-methyl/N-ethyl adjacent to an activating group) is 1. The lowest BCUT2D eigenvalue weighted by molar-refractivity contribution is 0.145. The van der Waals surface area contributed by atoms with Crippen LogP contribution < -0.4 is 0 Å². The van der Waals surface area contributed by atoms with Gasteiger partial charge in [-0.1, -0.05) is 26.0 Å². The molecular formula is C16H25N3O2. The Morgan fingerprint density at radius 1 is 1.19 bits per heavy atom. The fourth-order valence-corrected chi connectivity index (χ4v) is 2.95. The number of para-hydroxylation sites is 2. The highest BCUT2D eigenvalue weighted by molar-refractivity contribution is 5.76. The van der Waals surface area contributed by atoms with Crippen LogP contribution in [0.25, 0.3) is 11.0 Å². The van der Waals surface area contributed by atoms with E-state index in [0.29, 0.717) is 13.1 Å². The van der Waals surface area contributed by atoms with Crippen LogP contribution in [0.4, 0.5) is 0 Å². The van der Waals surface area contributed by atoms with Gasteiger partial charge in [-0.2, -0.15) is 0 Å². The fourth-order valence-electron chi connectivity index (χ4n) is 2.95. The number of aliphatic hydroxyl groups is 2. The highest BCUT2D eigenvalue weighted by Gasteiger charge is 2.23. The maximum Gasteiger partial charge on any atom is 0.127 e. The van der Waals surface area contributed by atoms with E-state index in [0.717, 1.165) is 29.8 Å². The van der Waals surface area contributed by atoms with E-state index < -0.39 is 0 Å². The van der Waals surface area contributed by atoms with Gasteiger partial charge in [0.15, 0.2) is 0 Å². The molecule has 0 fully saturated rings. The van der Waals surface area contributed by atoms with Gasteiger partial charge in [-0.15, -0.1) is 0 Å². The van der Waals surface area contributed by atoms with Gasteiger partial charge in [0.25, 0.3) is 0 Å². The zero-order chi connectivity index (χ0) is 15.2. The van der Waals surface area contributed by atoms with Crippen molar-refractivity contribution >= 4 is 11.0 Å². The van der Waals surface area contributed by atoms with E-state index in [1.54, 1.807) is 0 Å². The van der Waals surface area contributed by atoms with Gasteiger partial charge in [-0.05, 0) is 25.1 Å². The lowest BCUT2D eigenvalue weighted by Gasteiger charge is -2.29. The Labute approximate surface area is 125 Å². The number of aliphatic hydroxyl groups excluding tert-OH is 2. The monoisotopic (exact) mass is 291 g/mol. The van der Waals surface area contributed by atoms with Gasteiger partial charge in [0.2, 0.25) is 0 Å². The summed E-state index contributed by atoms with van der Waals surface area (Å²) in [5.74, 6) is 0.975. The highest BCUT2D eigenvalue weighted by atomic mass is 16.3. The molecule has 0 aliphatic heterocycles. The lowest BCUT2D eigenvalue weighted by Crippen LogP contribution is -2.33. The minimum Gasteiger partial charge on any atom is -0.395 e. The molecule has 1 aromatic heterocycles. The zero-order valence-corrected chi connectivity index (χ0v) is 12.9. The summed E-state index contributed by atoms with van der Waals surface area (Å²) in [6.07, 6.45) is 0.919. The standard InChI is InChI=1S/C16H25N3O2/c1-3-14(18(4-2)9-11-20)16-17-13-7-5-6-8-15(13)19(16)10-12-21/h5-8,14,20-21H,3-4,9-12H2,1-2H3. The molecule has 5 heteroatoms. The average molecular weight is 291 g/mol. The van der Waals surface area contributed by atoms with Crippen molar-refractivity contribution in [1.29, 1.82) is 0 Å². The van der Waals surface area contributed by atoms with Crippen LogP contribution in [-0.2, 0) is 6.54 Å². The van der Waals surface area contributed by atoms with Crippen molar-refractivity contribution in [3.63, 3.8) is 0 Å². The minimum absolute atomic E-state index is 0.0932. The summed E-state index contributed by atoms with van der Waals surface area (Å²) < 4.78 is 2.10. The van der Waals surface area contributed by atoms with Crippen LogP contribution in [0, 0.1) is 0 Å². The van der Waals surface area contributed by atoms with Gasteiger partial charge in [0, 0.05) is 13.1 Å². The smallest absolute Gasteiger partial charge is 0.127 e. The maximum absolute atomic E-state index is 9.37. The van der Waals surface area contributed by atoms with Gasteiger partial charge < -0.3 is 14.8 Å². The van der Waals surface area contributed by atoms with Crippen LogP contribution in [0.2, 0.25) is 0 Å². The molecular weight excluding hydrogens is 266 g/mol. The van der Waals surface area contributed by atoms with Crippen molar-refractivity contribution in [3.8, 4) is 0 Å². The van der Waals surface area contributed by atoms with Gasteiger partial charge in [-0.25, -0.2) is 4.98 Å². The Morgan fingerprint density at radius 2 is 1.95 bits per heavy atom. The van der Waals surface area contributed by atoms with Crippen molar-refractivity contribution in [1.82, 2.24) is 14.5 Å². The molecule has 0 aliphatic rings. The number of nitrogens with zero attached hydrogens (tertiary/aromatic N) is 3. The summed E-state index contributed by atoms with van der Waals surface area (Å²) in [4.78, 5) is 7.01. The molecule has 2 N–H and O–H groups in total. The Morgan fingerprint density at radius 3 is 2.57 bits per heavy atom. The van der Waals surface area contributed by atoms with Gasteiger partial charge in [-0.3, -0.25) is 4.90 Å². The van der Waals surface area contributed by atoms with Crippen LogP contribution in [0.5, 0.6) is 0 Å². The summed E-state index contributed by atoms with van der Waals surface area (Å²) in [6, 6.07) is 8.17. The number of aromatic nitrogens is 2. The summed E-state index contributed by atoms with van der Waals surface area (Å²) in [5.41, 5.74) is 2.01. The summed E-state index contributed by atoms with van der Waals surface area (Å²) >= 11 is 0. The second-order valence-corrected chi connectivity index (χ2v) is 5.11. The van der Waals surface area contributed by atoms with Crippen molar-refractivity contribution < 1.29 is 10.2 Å². The molecule has 2 rings (SSSR count). The third kappa shape index (κ3) is 3.26. The molecule has 1 atom stereocenters. The van der Waals surface area contributed by atoms with E-state index in [4.69, 9.17) is 4.98 Å². The van der Waals surface area contributed by atoms with Crippen LogP contribution in [-0.4, -0.2) is 51.0 Å². The molecule has 2 aromatic rings. The third-order valence-corrected chi connectivity index (χ3v) is 3.93. The van der Waals surface area contributed by atoms with Gasteiger partial charge >= 0.3 is 0 Å². The largest absolute Gasteiger partial charge is 0.395 e. The quantitative estimate of drug-likeness (QED) is 0.778. The number of fused-ring (bicyclic) bond motifs is 1. The molecule has 116 valence electrons. The van der Waals surface area contributed by atoms with E-state index in [9.17, 15) is 10.2 Å². The number of hydrogen-bond acceptors (Lipinski definition) is 4. The van der Waals surface area contributed by atoms with Gasteiger partial charge in [0.05, 0.1) is 30.3 Å². The first-order valence-corrected chi connectivity index (χ1v) is 7.67. The number of imidazole rings is 1. The summed E-state index contributed by atoms with van der Waals surface area (Å²) in [5, 5.41) is 18.6. The number of benzene rings is 1. The molecule has 0 saturated carbocycles. The summed E-state index contributed by atoms with van der Waals surface area (Å²) in [6.45, 7) is 6.51. The zero-order valence-electron chi connectivity index (χ0n) is 12.9. The minimum atomic E-state index is 0.0932. The SMILES string of the molecule is CCC(c1nc2ccccc2n1CCO)N(CC)CCO. The van der Waals surface area contributed by atoms with Crippen molar-refractivity contribution in [2.45, 2.75) is 32.9 Å². The molecule has 21 heavy (non-hydrogen) atoms. The maximum atomic E-state index is 9.37. The molecule has 1 heterocycles. The second-order valence-electron chi connectivity index (χ2n) is 5.11. The predicted molar refractivity (Wildman–Crippen MR) is 84.2 cm³/mol. The van der Waals surface area contributed by atoms with E-state index >= 15 is 0 Å². The summed E-state index contributed by atoms with van der Waals surface area (Å²) in [7, 11) is 0. The first kappa shape index (κ1) is 15.9. The predicted octanol–water partition coefficient (Wildman–Crippen LogP) is 1.79. The molecule has 1 aromatic carbocycles. The fraction of sp³-hybridized carbons (Fsp3) is 0.562. The van der Waals surface area contributed by atoms with Crippen molar-refractivity contribution in [3.05, 3.63) is 30.1 Å². The molecule has 0 amide bonds. The van der Waals surface area contributed by atoms with E-state index in [2.05, 4.69) is 23.3 Å². The van der Waals surface area contributed by atoms with Crippen LogP contribution >= 0.6 is 0 Å². The van der Waals surface area contributed by atoms with E-state index in [-0.39, 0.29) is 19.3 Å². The molecule has 5 nitrogen and oxygen atoms in total. The van der Waals surface area contributed by atoms with E-state index in [1.807, 2.05) is 24.3 Å². The molecule has 0 saturated heterocycles. The highest BCUT2D eigenvalue weighted by Crippen LogP contribution is 2.27. The normalized spacial score (nSPS) is 13.2. The second kappa shape index (κ2) is 7.54. The average Bonchev–Trinajstić information content (AvgIpc) is 2.86. The number of hydrogen-bond donors (Lipinski definition) is 2. The molecule has 0 bridgehead atoms. The molecule has 0 aliphatic carbocycles. The Hall–Kier alpha value is -1.43. The first-order valence-electron chi connectivity index (χ1n) is 7.67. The Bertz CT molecular complexity index is 568. The van der Waals surface area contributed by atoms with Crippen LogP contribution in [0.1, 0.15) is 32.1 Å². The molecule has 0 spiro atoms. The van der Waals surface area contributed by atoms with Crippen LogP contribution in [0.15, 0.2) is 24.3 Å². The number of rotatable bonds is 8. The topological polar surface area (TPSA) is 61.5 Å². The van der Waals surface area contributed by atoms with Crippen molar-refractivity contribution in [2.75, 3.05) is 26.3 Å². The first-order chi connectivity index (χ1) is 10.3. The molecule has 1 unspecified atom stereocenters. The third-order valence-electron chi connectivity index (χ3n) is 3.93. The van der Waals surface area contributed by atoms with Gasteiger partial charge in [0.1, 0.15) is 5.82 Å². The lowest BCUT2D eigenvalue weighted by atomic mass is 10.1. The molecule has 0 radical (unpaired) electrons. The van der Waals surface area contributed by atoms with Crippen LogP contribution in [0.3, 0.4) is 0 Å².